The van der Waals surface area contributed by atoms with Crippen LogP contribution in [0, 0.1) is 0 Å². The first-order valence-corrected chi connectivity index (χ1v) is 8.65. The predicted octanol–water partition coefficient (Wildman–Crippen LogP) is 4.24. The number of allylic oxidation sites excluding steroid dienone is 2. The highest BCUT2D eigenvalue weighted by molar-refractivity contribution is 6.43. The molecule has 1 heterocycles. The van der Waals surface area contributed by atoms with Crippen LogP contribution in [0.5, 0.6) is 5.75 Å². The van der Waals surface area contributed by atoms with Gasteiger partial charge in [0.05, 0.1) is 17.7 Å². The zero-order chi connectivity index (χ0) is 18.4. The maximum absolute atomic E-state index is 9.79. The maximum Gasteiger partial charge on any atom is 0.458 e. The van der Waals surface area contributed by atoms with Crippen LogP contribution < -0.4 is 0 Å². The second-order valence-corrected chi connectivity index (χ2v) is 6.65. The van der Waals surface area contributed by atoms with Crippen LogP contribution in [0.2, 0.25) is 11.3 Å². The number of halogens is 1. The van der Waals surface area contributed by atoms with Gasteiger partial charge in [-0.25, -0.2) is 0 Å². The summed E-state index contributed by atoms with van der Waals surface area (Å²) in [7, 11) is 0.855. The lowest BCUT2D eigenvalue weighted by molar-refractivity contribution is 0.176. The maximum atomic E-state index is 9.79. The summed E-state index contributed by atoms with van der Waals surface area (Å²) in [5.41, 5.74) is 3.87. The Morgan fingerprint density at radius 1 is 1.52 bits per heavy atom. The third-order valence-corrected chi connectivity index (χ3v) is 4.45. The lowest BCUT2D eigenvalue weighted by atomic mass is 9.78. The van der Waals surface area contributed by atoms with Crippen molar-refractivity contribution in [2.45, 2.75) is 32.2 Å². The van der Waals surface area contributed by atoms with Crippen molar-refractivity contribution in [1.29, 1.82) is 0 Å². The van der Waals surface area contributed by atoms with Gasteiger partial charge in [0.1, 0.15) is 5.75 Å². The van der Waals surface area contributed by atoms with E-state index in [1.807, 2.05) is 19.1 Å². The number of rotatable bonds is 7. The Hall–Kier alpha value is -1.53. The highest BCUT2D eigenvalue weighted by atomic mass is 35.5. The van der Waals surface area contributed by atoms with Gasteiger partial charge >= 0.3 is 7.12 Å². The first kappa shape index (κ1) is 19.8. The Morgan fingerprint density at radius 2 is 2.28 bits per heavy atom. The standard InChI is InChI=1S/C19H24BClO4/c1-13(10-15-5-6-16(22)11-18(15)21)4-7-19-17(14(2)12-24-3)8-9-20(23)25-19/h5-6,8,10-11,19,22-23H,2,4,7,9,12H2,1,3H3/b13-10+. The van der Waals surface area contributed by atoms with Crippen LogP contribution in [0.15, 0.2) is 47.6 Å². The average Bonchev–Trinajstić information content (AvgIpc) is 2.56. The van der Waals surface area contributed by atoms with E-state index in [2.05, 4.69) is 6.58 Å². The molecule has 2 N–H and O–H groups in total. The predicted molar refractivity (Wildman–Crippen MR) is 103 cm³/mol. The first-order valence-electron chi connectivity index (χ1n) is 8.27. The van der Waals surface area contributed by atoms with E-state index in [4.69, 9.17) is 21.0 Å². The molecular weight excluding hydrogens is 338 g/mol. The number of ether oxygens (including phenoxy) is 1. The van der Waals surface area contributed by atoms with Gasteiger partial charge in [-0.05, 0) is 54.7 Å². The molecule has 25 heavy (non-hydrogen) atoms. The van der Waals surface area contributed by atoms with Crippen molar-refractivity contribution in [1.82, 2.24) is 0 Å². The summed E-state index contributed by atoms with van der Waals surface area (Å²) >= 11 is 6.14. The molecular formula is C19H24BClO4. The molecule has 1 atom stereocenters. The van der Waals surface area contributed by atoms with Crippen molar-refractivity contribution in [3.63, 3.8) is 0 Å². The molecule has 1 unspecified atom stereocenters. The van der Waals surface area contributed by atoms with Gasteiger partial charge < -0.3 is 19.5 Å². The SMILES string of the molecule is C=C(COC)C1=CCB(O)OC1CC/C(C)=C/c1ccc(O)cc1Cl. The summed E-state index contributed by atoms with van der Waals surface area (Å²) in [4.78, 5) is 0. The molecule has 0 spiro atoms. The van der Waals surface area contributed by atoms with Gasteiger partial charge in [-0.2, -0.15) is 0 Å². The van der Waals surface area contributed by atoms with Crippen LogP contribution in [-0.2, 0) is 9.39 Å². The monoisotopic (exact) mass is 362 g/mol. The quantitative estimate of drug-likeness (QED) is 0.712. The summed E-state index contributed by atoms with van der Waals surface area (Å²) in [6, 6.07) is 4.92. The summed E-state index contributed by atoms with van der Waals surface area (Å²) in [5.74, 6) is 0.149. The van der Waals surface area contributed by atoms with Gasteiger partial charge in [-0.3, -0.25) is 0 Å². The molecule has 0 amide bonds. The molecule has 0 aliphatic carbocycles. The highest BCUT2D eigenvalue weighted by Crippen LogP contribution is 2.29. The molecule has 0 saturated carbocycles. The molecule has 1 aliphatic rings. The Balaban J connectivity index is 2.04. The second-order valence-electron chi connectivity index (χ2n) is 6.25. The van der Waals surface area contributed by atoms with E-state index < -0.39 is 7.12 Å². The number of methoxy groups -OCH3 is 1. The van der Waals surface area contributed by atoms with E-state index in [1.165, 1.54) is 6.07 Å². The number of hydrogen-bond acceptors (Lipinski definition) is 4. The third kappa shape index (κ3) is 5.75. The minimum Gasteiger partial charge on any atom is -0.508 e. The summed E-state index contributed by atoms with van der Waals surface area (Å²) < 4.78 is 10.8. The van der Waals surface area contributed by atoms with Crippen LogP contribution in [0.1, 0.15) is 25.3 Å². The van der Waals surface area contributed by atoms with Crippen LogP contribution in [0.3, 0.4) is 0 Å². The molecule has 4 nitrogen and oxygen atoms in total. The largest absolute Gasteiger partial charge is 0.508 e. The van der Waals surface area contributed by atoms with Gasteiger partial charge in [0.15, 0.2) is 0 Å². The summed E-state index contributed by atoms with van der Waals surface area (Å²) in [6.45, 7) is 6.52. The third-order valence-electron chi connectivity index (χ3n) is 4.12. The molecule has 2 rings (SSSR count). The van der Waals surface area contributed by atoms with Crippen molar-refractivity contribution in [3.8, 4) is 5.75 Å². The molecule has 0 bridgehead atoms. The van der Waals surface area contributed by atoms with E-state index in [-0.39, 0.29) is 11.9 Å². The fourth-order valence-corrected chi connectivity index (χ4v) is 3.09. The Bertz CT molecular complexity index is 684. The number of hydrogen-bond donors (Lipinski definition) is 2. The molecule has 6 heteroatoms. The average molecular weight is 363 g/mol. The zero-order valence-corrected chi connectivity index (χ0v) is 15.4. The molecule has 1 aromatic rings. The Labute approximate surface area is 154 Å². The van der Waals surface area contributed by atoms with Crippen LogP contribution in [0.4, 0.5) is 0 Å². The minimum atomic E-state index is -0.778. The summed E-state index contributed by atoms with van der Waals surface area (Å²) in [6.07, 6.45) is 5.75. The number of aromatic hydroxyl groups is 1. The van der Waals surface area contributed by atoms with Gasteiger partial charge in [-0.1, -0.05) is 35.9 Å². The lowest BCUT2D eigenvalue weighted by Gasteiger charge is -2.28. The van der Waals surface area contributed by atoms with E-state index >= 15 is 0 Å². The zero-order valence-electron chi connectivity index (χ0n) is 14.7. The van der Waals surface area contributed by atoms with Crippen molar-refractivity contribution < 1.29 is 19.5 Å². The Kier molecular flexibility index (Phi) is 7.32. The van der Waals surface area contributed by atoms with Gasteiger partial charge in [0.25, 0.3) is 0 Å². The van der Waals surface area contributed by atoms with Crippen LogP contribution >= 0.6 is 11.6 Å². The molecule has 0 fully saturated rings. The molecule has 0 aromatic heterocycles. The summed E-state index contributed by atoms with van der Waals surface area (Å²) in [5, 5.41) is 19.7. The van der Waals surface area contributed by atoms with E-state index in [0.29, 0.717) is 17.9 Å². The molecule has 0 saturated heterocycles. The molecule has 134 valence electrons. The van der Waals surface area contributed by atoms with Gasteiger partial charge in [0, 0.05) is 13.4 Å². The molecule has 1 aromatic carbocycles. The fourth-order valence-electron chi connectivity index (χ4n) is 2.86. The fraction of sp³-hybridized carbons (Fsp3) is 0.368. The van der Waals surface area contributed by atoms with E-state index in [9.17, 15) is 10.1 Å². The van der Waals surface area contributed by atoms with Crippen molar-refractivity contribution in [3.05, 3.63) is 58.2 Å². The van der Waals surface area contributed by atoms with Crippen molar-refractivity contribution in [2.24, 2.45) is 0 Å². The minimum absolute atomic E-state index is 0.149. The number of phenols is 1. The second kappa shape index (κ2) is 9.25. The topological polar surface area (TPSA) is 58.9 Å². The van der Waals surface area contributed by atoms with Gasteiger partial charge in [0.2, 0.25) is 0 Å². The normalized spacial score (nSPS) is 18.2. The highest BCUT2D eigenvalue weighted by Gasteiger charge is 2.28. The first-order chi connectivity index (χ1) is 11.9. The molecule has 0 radical (unpaired) electrons. The number of benzene rings is 1. The number of phenolic OH excluding ortho intramolecular Hbond substituents is 1. The van der Waals surface area contributed by atoms with Crippen LogP contribution in [0.25, 0.3) is 6.08 Å². The van der Waals surface area contributed by atoms with Crippen molar-refractivity contribution >= 4 is 24.8 Å². The Morgan fingerprint density at radius 3 is 2.96 bits per heavy atom. The van der Waals surface area contributed by atoms with E-state index in [1.54, 1.807) is 19.2 Å². The van der Waals surface area contributed by atoms with Crippen LogP contribution in [-0.4, -0.2) is 37.1 Å². The van der Waals surface area contributed by atoms with Crippen molar-refractivity contribution in [2.75, 3.05) is 13.7 Å². The smallest absolute Gasteiger partial charge is 0.458 e. The van der Waals surface area contributed by atoms with E-state index in [0.717, 1.165) is 35.1 Å². The molecule has 1 aliphatic heterocycles. The lowest BCUT2D eigenvalue weighted by Crippen LogP contribution is -2.32. The van der Waals surface area contributed by atoms with Gasteiger partial charge in [-0.15, -0.1) is 0 Å².